The van der Waals surface area contributed by atoms with Crippen LogP contribution < -0.4 is 5.32 Å². The fraction of sp³-hybridized carbons (Fsp3) is 0.235. The van der Waals surface area contributed by atoms with Gasteiger partial charge < -0.3 is 14.6 Å². The minimum absolute atomic E-state index is 0.220. The van der Waals surface area contributed by atoms with E-state index in [4.69, 9.17) is 4.42 Å². The molecule has 1 amide bonds. The highest BCUT2D eigenvalue weighted by Crippen LogP contribution is 2.12. The van der Waals surface area contributed by atoms with Crippen LogP contribution in [0.2, 0.25) is 0 Å². The lowest BCUT2D eigenvalue weighted by atomic mass is 10.3. The van der Waals surface area contributed by atoms with Crippen molar-refractivity contribution < 1.29 is 9.21 Å². The standard InChI is InChI=1S/C17H18N6O2/c1-3-14-21-22-15(25-14)11-23(2)16(24)12-9-18-17(19-10-12)20-13-7-5-4-6-8-13/h4-10H,3,11H2,1-2H3,(H,18,19,20). The van der Waals surface area contributed by atoms with Crippen molar-refractivity contribution in [3.05, 3.63) is 60.1 Å². The molecule has 0 aliphatic carbocycles. The molecule has 128 valence electrons. The number of amides is 1. The fourth-order valence-corrected chi connectivity index (χ4v) is 2.14. The van der Waals surface area contributed by atoms with E-state index in [0.29, 0.717) is 29.7 Å². The van der Waals surface area contributed by atoms with Crippen LogP contribution in [0.25, 0.3) is 0 Å². The van der Waals surface area contributed by atoms with Crippen LogP contribution >= 0.6 is 0 Å². The maximum Gasteiger partial charge on any atom is 0.257 e. The number of benzene rings is 1. The number of aromatic nitrogens is 4. The molecular weight excluding hydrogens is 320 g/mol. The van der Waals surface area contributed by atoms with Crippen LogP contribution in [0.15, 0.2) is 47.1 Å². The van der Waals surface area contributed by atoms with Crippen LogP contribution in [0.3, 0.4) is 0 Å². The fourth-order valence-electron chi connectivity index (χ4n) is 2.14. The third-order valence-electron chi connectivity index (χ3n) is 3.46. The quantitative estimate of drug-likeness (QED) is 0.737. The lowest BCUT2D eigenvalue weighted by molar-refractivity contribution is 0.0771. The Labute approximate surface area is 144 Å². The molecule has 2 aromatic heterocycles. The molecule has 25 heavy (non-hydrogen) atoms. The SMILES string of the molecule is CCc1nnc(CN(C)C(=O)c2cnc(Nc3ccccc3)nc2)o1. The van der Waals surface area contributed by atoms with E-state index in [2.05, 4.69) is 25.5 Å². The van der Waals surface area contributed by atoms with Gasteiger partial charge in [-0.1, -0.05) is 25.1 Å². The van der Waals surface area contributed by atoms with Gasteiger partial charge in [-0.15, -0.1) is 10.2 Å². The Morgan fingerprint density at radius 3 is 2.44 bits per heavy atom. The maximum absolute atomic E-state index is 12.4. The van der Waals surface area contributed by atoms with Gasteiger partial charge in [-0.3, -0.25) is 4.79 Å². The predicted octanol–water partition coefficient (Wildman–Crippen LogP) is 2.44. The van der Waals surface area contributed by atoms with Crippen molar-refractivity contribution in [2.24, 2.45) is 0 Å². The van der Waals surface area contributed by atoms with Crippen molar-refractivity contribution in [3.8, 4) is 0 Å². The number of para-hydroxylation sites is 1. The number of hydrogen-bond acceptors (Lipinski definition) is 7. The van der Waals surface area contributed by atoms with E-state index in [9.17, 15) is 4.79 Å². The summed E-state index contributed by atoms with van der Waals surface area (Å²) in [7, 11) is 1.66. The molecule has 1 N–H and O–H groups in total. The van der Waals surface area contributed by atoms with E-state index in [0.717, 1.165) is 5.69 Å². The molecule has 0 bridgehead atoms. The van der Waals surface area contributed by atoms with Crippen molar-refractivity contribution in [2.75, 3.05) is 12.4 Å². The highest BCUT2D eigenvalue weighted by atomic mass is 16.4. The maximum atomic E-state index is 12.4. The van der Waals surface area contributed by atoms with E-state index in [-0.39, 0.29) is 12.5 Å². The summed E-state index contributed by atoms with van der Waals surface area (Å²) < 4.78 is 5.42. The first-order chi connectivity index (χ1) is 12.2. The van der Waals surface area contributed by atoms with E-state index < -0.39 is 0 Å². The number of nitrogens with one attached hydrogen (secondary N) is 1. The number of rotatable bonds is 6. The highest BCUT2D eigenvalue weighted by Gasteiger charge is 2.16. The van der Waals surface area contributed by atoms with E-state index >= 15 is 0 Å². The van der Waals surface area contributed by atoms with Crippen molar-refractivity contribution in [1.29, 1.82) is 0 Å². The van der Waals surface area contributed by atoms with Crippen LogP contribution in [0, 0.1) is 0 Å². The predicted molar refractivity (Wildman–Crippen MR) is 91.2 cm³/mol. The van der Waals surface area contributed by atoms with Gasteiger partial charge in [0.25, 0.3) is 5.91 Å². The summed E-state index contributed by atoms with van der Waals surface area (Å²) in [5, 5.41) is 10.9. The van der Waals surface area contributed by atoms with Crippen LogP contribution in [-0.2, 0) is 13.0 Å². The Hall–Kier alpha value is -3.29. The third kappa shape index (κ3) is 4.17. The molecule has 0 radical (unpaired) electrons. The summed E-state index contributed by atoms with van der Waals surface area (Å²) in [6.07, 6.45) is 3.64. The minimum atomic E-state index is -0.220. The third-order valence-corrected chi connectivity index (χ3v) is 3.46. The van der Waals surface area contributed by atoms with E-state index in [1.807, 2.05) is 37.3 Å². The number of aryl methyl sites for hydroxylation is 1. The smallest absolute Gasteiger partial charge is 0.257 e. The van der Waals surface area contributed by atoms with Crippen molar-refractivity contribution >= 4 is 17.5 Å². The van der Waals surface area contributed by atoms with Gasteiger partial charge in [-0.2, -0.15) is 0 Å². The zero-order valence-electron chi connectivity index (χ0n) is 14.0. The summed E-state index contributed by atoms with van der Waals surface area (Å²) in [5.74, 6) is 1.16. The molecule has 0 aliphatic rings. The Balaban J connectivity index is 1.63. The lowest BCUT2D eigenvalue weighted by Gasteiger charge is -2.14. The van der Waals surface area contributed by atoms with Gasteiger partial charge >= 0.3 is 0 Å². The molecular formula is C17H18N6O2. The van der Waals surface area contributed by atoms with E-state index in [1.165, 1.54) is 17.3 Å². The monoisotopic (exact) mass is 338 g/mol. The number of carbonyl (C=O) groups is 1. The van der Waals surface area contributed by atoms with Crippen molar-refractivity contribution in [3.63, 3.8) is 0 Å². The van der Waals surface area contributed by atoms with Gasteiger partial charge in [-0.05, 0) is 12.1 Å². The van der Waals surface area contributed by atoms with Gasteiger partial charge in [0.05, 0.1) is 12.1 Å². The number of carbonyl (C=O) groups excluding carboxylic acids is 1. The average molecular weight is 338 g/mol. The zero-order valence-corrected chi connectivity index (χ0v) is 14.0. The molecule has 3 aromatic rings. The molecule has 0 spiro atoms. The molecule has 2 heterocycles. The molecule has 8 nitrogen and oxygen atoms in total. The van der Waals surface area contributed by atoms with Crippen LogP contribution in [0.1, 0.15) is 29.1 Å². The zero-order chi connectivity index (χ0) is 17.6. The molecule has 0 unspecified atom stereocenters. The highest BCUT2D eigenvalue weighted by molar-refractivity contribution is 5.93. The van der Waals surface area contributed by atoms with Crippen LogP contribution in [-0.4, -0.2) is 38.0 Å². The normalized spacial score (nSPS) is 10.5. The molecule has 8 heteroatoms. The number of nitrogens with zero attached hydrogens (tertiary/aromatic N) is 5. The van der Waals surface area contributed by atoms with Gasteiger partial charge in [0.2, 0.25) is 17.7 Å². The van der Waals surface area contributed by atoms with Crippen molar-refractivity contribution in [1.82, 2.24) is 25.1 Å². The Morgan fingerprint density at radius 2 is 1.80 bits per heavy atom. The summed E-state index contributed by atoms with van der Waals surface area (Å²) in [4.78, 5) is 22.3. The van der Waals surface area contributed by atoms with Gasteiger partial charge in [0.15, 0.2) is 0 Å². The van der Waals surface area contributed by atoms with Crippen LogP contribution in [0.4, 0.5) is 11.6 Å². The molecule has 0 saturated carbocycles. The first-order valence-electron chi connectivity index (χ1n) is 7.86. The molecule has 0 fully saturated rings. The molecule has 0 aliphatic heterocycles. The molecule has 1 aromatic carbocycles. The Kier molecular flexibility index (Phi) is 4.98. The first-order valence-corrected chi connectivity index (χ1v) is 7.86. The second-order valence-corrected chi connectivity index (χ2v) is 5.39. The molecule has 3 rings (SSSR count). The lowest BCUT2D eigenvalue weighted by Crippen LogP contribution is -2.26. The Bertz CT molecular complexity index is 832. The second-order valence-electron chi connectivity index (χ2n) is 5.39. The number of anilines is 2. The average Bonchev–Trinajstić information content (AvgIpc) is 3.10. The second kappa shape index (κ2) is 7.52. The first kappa shape index (κ1) is 16.6. The minimum Gasteiger partial charge on any atom is -0.423 e. The van der Waals surface area contributed by atoms with Gasteiger partial charge in [0.1, 0.15) is 0 Å². The molecule has 0 saturated heterocycles. The van der Waals surface area contributed by atoms with Crippen LogP contribution in [0.5, 0.6) is 0 Å². The summed E-state index contributed by atoms with van der Waals surface area (Å²) >= 11 is 0. The van der Waals surface area contributed by atoms with Gasteiger partial charge in [-0.25, -0.2) is 9.97 Å². The molecule has 0 atom stereocenters. The summed E-state index contributed by atoms with van der Waals surface area (Å²) in [5.41, 5.74) is 1.26. The topological polar surface area (TPSA) is 97.0 Å². The van der Waals surface area contributed by atoms with Crippen molar-refractivity contribution in [2.45, 2.75) is 19.9 Å². The summed E-state index contributed by atoms with van der Waals surface area (Å²) in [6, 6.07) is 9.57. The van der Waals surface area contributed by atoms with E-state index in [1.54, 1.807) is 7.05 Å². The Morgan fingerprint density at radius 1 is 1.12 bits per heavy atom. The summed E-state index contributed by atoms with van der Waals surface area (Å²) in [6.45, 7) is 2.16. The van der Waals surface area contributed by atoms with Gasteiger partial charge in [0, 0.05) is 31.5 Å². The largest absolute Gasteiger partial charge is 0.423 e. The number of hydrogen-bond donors (Lipinski definition) is 1.